The van der Waals surface area contributed by atoms with Gasteiger partial charge >= 0.3 is 0 Å². The third-order valence-corrected chi connectivity index (χ3v) is 4.41. The molecule has 19 heavy (non-hydrogen) atoms. The monoisotopic (exact) mass is 261 g/mol. The van der Waals surface area contributed by atoms with Crippen molar-refractivity contribution >= 4 is 5.82 Å². The van der Waals surface area contributed by atoms with Crippen LogP contribution in [-0.4, -0.2) is 39.7 Å². The fraction of sp³-hybridized carbons (Fsp3) is 0.667. The van der Waals surface area contributed by atoms with Gasteiger partial charge in [0, 0.05) is 31.4 Å². The summed E-state index contributed by atoms with van der Waals surface area (Å²) >= 11 is 0. The molecule has 2 saturated heterocycles. The molecule has 0 amide bonds. The van der Waals surface area contributed by atoms with Crippen LogP contribution in [0.5, 0.6) is 0 Å². The Morgan fingerprint density at radius 3 is 2.63 bits per heavy atom. The van der Waals surface area contributed by atoms with Gasteiger partial charge in [-0.3, -0.25) is 4.90 Å². The van der Waals surface area contributed by atoms with E-state index in [1.807, 2.05) is 6.20 Å². The van der Waals surface area contributed by atoms with E-state index in [1.165, 1.54) is 18.4 Å². The Morgan fingerprint density at radius 1 is 1.32 bits per heavy atom. The summed E-state index contributed by atoms with van der Waals surface area (Å²) in [5, 5.41) is 13.0. The second-order valence-electron chi connectivity index (χ2n) is 5.76. The van der Waals surface area contributed by atoms with Gasteiger partial charge in [0.2, 0.25) is 0 Å². The molecule has 0 radical (unpaired) electrons. The number of pyridine rings is 1. The van der Waals surface area contributed by atoms with Crippen LogP contribution < -0.4 is 5.32 Å². The Bertz CT molecular complexity index is 406. The molecule has 104 valence electrons. The van der Waals surface area contributed by atoms with Crippen LogP contribution in [0.15, 0.2) is 18.3 Å². The smallest absolute Gasteiger partial charge is 0.125 e. The SMILES string of the molecule is CCNc1ccc(CN2C3CCC2CC(O)C3)cn1. The number of rotatable bonds is 4. The van der Waals surface area contributed by atoms with E-state index < -0.39 is 0 Å². The number of fused-ring (bicyclic) bond motifs is 2. The molecule has 4 heteroatoms. The van der Waals surface area contributed by atoms with E-state index in [4.69, 9.17) is 0 Å². The summed E-state index contributed by atoms with van der Waals surface area (Å²) in [7, 11) is 0. The molecule has 0 aliphatic carbocycles. The van der Waals surface area contributed by atoms with Gasteiger partial charge in [0.25, 0.3) is 0 Å². The minimum atomic E-state index is -0.0806. The average molecular weight is 261 g/mol. The molecule has 1 aromatic heterocycles. The van der Waals surface area contributed by atoms with Crippen molar-refractivity contribution in [1.29, 1.82) is 0 Å². The summed E-state index contributed by atoms with van der Waals surface area (Å²) in [4.78, 5) is 7.00. The van der Waals surface area contributed by atoms with Crippen LogP contribution in [0.25, 0.3) is 0 Å². The van der Waals surface area contributed by atoms with Crippen molar-refractivity contribution in [2.75, 3.05) is 11.9 Å². The zero-order valence-electron chi connectivity index (χ0n) is 11.5. The van der Waals surface area contributed by atoms with Crippen LogP contribution in [0.3, 0.4) is 0 Å². The molecule has 0 spiro atoms. The minimum absolute atomic E-state index is 0.0806. The van der Waals surface area contributed by atoms with Crippen LogP contribution in [-0.2, 0) is 6.54 Å². The normalized spacial score (nSPS) is 30.5. The van der Waals surface area contributed by atoms with Gasteiger partial charge < -0.3 is 10.4 Å². The average Bonchev–Trinajstić information content (AvgIpc) is 2.64. The molecule has 2 atom stereocenters. The van der Waals surface area contributed by atoms with Crippen molar-refractivity contribution < 1.29 is 5.11 Å². The molecule has 2 unspecified atom stereocenters. The van der Waals surface area contributed by atoms with Crippen LogP contribution in [0.2, 0.25) is 0 Å². The molecule has 3 rings (SSSR count). The van der Waals surface area contributed by atoms with Gasteiger partial charge in [-0.25, -0.2) is 4.98 Å². The van der Waals surface area contributed by atoms with Crippen molar-refractivity contribution in [2.45, 2.75) is 57.3 Å². The Hall–Kier alpha value is -1.13. The van der Waals surface area contributed by atoms with E-state index in [2.05, 4.69) is 34.3 Å². The predicted octanol–water partition coefficient (Wildman–Crippen LogP) is 2.00. The number of aliphatic hydroxyl groups excluding tert-OH is 1. The lowest BCUT2D eigenvalue weighted by atomic mass is 9.99. The minimum Gasteiger partial charge on any atom is -0.393 e. The Kier molecular flexibility index (Phi) is 3.71. The van der Waals surface area contributed by atoms with Gasteiger partial charge in [-0.2, -0.15) is 0 Å². The van der Waals surface area contributed by atoms with Gasteiger partial charge in [-0.05, 0) is 44.2 Å². The quantitative estimate of drug-likeness (QED) is 0.870. The number of aliphatic hydroxyl groups is 1. The van der Waals surface area contributed by atoms with E-state index in [-0.39, 0.29) is 6.10 Å². The van der Waals surface area contributed by atoms with Crippen LogP contribution in [0, 0.1) is 0 Å². The lowest BCUT2D eigenvalue weighted by molar-refractivity contribution is 0.0310. The Labute approximate surface area is 114 Å². The summed E-state index contributed by atoms with van der Waals surface area (Å²) in [6.45, 7) is 3.95. The third-order valence-electron chi connectivity index (χ3n) is 4.41. The molecule has 2 aliphatic heterocycles. The zero-order chi connectivity index (χ0) is 13.2. The first-order valence-corrected chi connectivity index (χ1v) is 7.39. The van der Waals surface area contributed by atoms with Gasteiger partial charge in [0.15, 0.2) is 0 Å². The fourth-order valence-corrected chi connectivity index (χ4v) is 3.52. The van der Waals surface area contributed by atoms with Gasteiger partial charge in [0.05, 0.1) is 6.10 Å². The van der Waals surface area contributed by atoms with Crippen LogP contribution in [0.4, 0.5) is 5.82 Å². The molecular formula is C15H23N3O. The maximum atomic E-state index is 9.82. The predicted molar refractivity (Wildman–Crippen MR) is 76.0 cm³/mol. The van der Waals surface area contributed by atoms with Crippen molar-refractivity contribution in [1.82, 2.24) is 9.88 Å². The largest absolute Gasteiger partial charge is 0.393 e. The molecule has 2 bridgehead atoms. The van der Waals surface area contributed by atoms with Crippen LogP contribution >= 0.6 is 0 Å². The first-order valence-electron chi connectivity index (χ1n) is 7.39. The van der Waals surface area contributed by atoms with E-state index in [1.54, 1.807) is 0 Å². The lowest BCUT2D eigenvalue weighted by Gasteiger charge is -2.37. The zero-order valence-corrected chi connectivity index (χ0v) is 11.5. The Balaban J connectivity index is 1.65. The van der Waals surface area contributed by atoms with Crippen molar-refractivity contribution in [2.24, 2.45) is 0 Å². The summed E-state index contributed by atoms with van der Waals surface area (Å²) in [6.07, 6.45) is 6.26. The molecule has 4 nitrogen and oxygen atoms in total. The summed E-state index contributed by atoms with van der Waals surface area (Å²) < 4.78 is 0. The maximum absolute atomic E-state index is 9.82. The van der Waals surface area contributed by atoms with E-state index in [9.17, 15) is 5.11 Å². The Morgan fingerprint density at radius 2 is 2.05 bits per heavy atom. The van der Waals surface area contributed by atoms with E-state index in [0.717, 1.165) is 31.7 Å². The number of nitrogens with one attached hydrogen (secondary N) is 1. The lowest BCUT2D eigenvalue weighted by Crippen LogP contribution is -2.44. The van der Waals surface area contributed by atoms with Crippen molar-refractivity contribution in [3.63, 3.8) is 0 Å². The number of hydrogen-bond acceptors (Lipinski definition) is 4. The molecule has 0 saturated carbocycles. The molecule has 2 fully saturated rings. The highest BCUT2D eigenvalue weighted by Gasteiger charge is 2.39. The molecule has 2 N–H and O–H groups in total. The van der Waals surface area contributed by atoms with E-state index >= 15 is 0 Å². The second kappa shape index (κ2) is 5.47. The molecule has 2 aliphatic rings. The highest BCUT2D eigenvalue weighted by Crippen LogP contribution is 2.36. The number of anilines is 1. The molecule has 1 aromatic rings. The van der Waals surface area contributed by atoms with Gasteiger partial charge in [-0.1, -0.05) is 6.07 Å². The van der Waals surface area contributed by atoms with Crippen LogP contribution in [0.1, 0.15) is 38.2 Å². The number of piperidine rings is 1. The number of aromatic nitrogens is 1. The summed E-state index contributed by atoms with van der Waals surface area (Å²) in [5.41, 5.74) is 1.27. The highest BCUT2D eigenvalue weighted by atomic mass is 16.3. The van der Waals surface area contributed by atoms with E-state index in [0.29, 0.717) is 12.1 Å². The van der Waals surface area contributed by atoms with Gasteiger partial charge in [0.1, 0.15) is 5.82 Å². The van der Waals surface area contributed by atoms with Crippen molar-refractivity contribution in [3.8, 4) is 0 Å². The molecular weight excluding hydrogens is 238 g/mol. The number of hydrogen-bond donors (Lipinski definition) is 2. The molecule has 0 aromatic carbocycles. The second-order valence-corrected chi connectivity index (χ2v) is 5.76. The van der Waals surface area contributed by atoms with Crippen molar-refractivity contribution in [3.05, 3.63) is 23.9 Å². The first-order chi connectivity index (χ1) is 9.26. The molecule has 3 heterocycles. The maximum Gasteiger partial charge on any atom is 0.125 e. The third kappa shape index (κ3) is 2.74. The summed E-state index contributed by atoms with van der Waals surface area (Å²) in [6, 6.07) is 5.36. The fourth-order valence-electron chi connectivity index (χ4n) is 3.52. The summed E-state index contributed by atoms with van der Waals surface area (Å²) in [5.74, 6) is 0.947. The topological polar surface area (TPSA) is 48.4 Å². The standard InChI is InChI=1S/C15H23N3O/c1-2-16-15-6-3-11(9-17-15)10-18-12-4-5-13(18)8-14(19)7-12/h3,6,9,12-14,19H,2,4-5,7-8,10H2,1H3,(H,16,17). The first kappa shape index (κ1) is 12.9. The van der Waals surface area contributed by atoms with Gasteiger partial charge in [-0.15, -0.1) is 0 Å². The highest BCUT2D eigenvalue weighted by molar-refractivity contribution is 5.35. The number of nitrogens with zero attached hydrogens (tertiary/aromatic N) is 2.